The van der Waals surface area contributed by atoms with Gasteiger partial charge in [0.1, 0.15) is 0 Å². The lowest BCUT2D eigenvalue weighted by Gasteiger charge is -2.31. The third-order valence-electron chi connectivity index (χ3n) is 5.36. The molecule has 0 aliphatic rings. The Kier molecular flexibility index (Phi) is 21.8. The standard InChI is InChI=1S/C23H50NO.ClH/c1-6-9-11-12-13-14-15-16-17-19-21-24(4,5)22-25-23(8-3)20-18-10-7-2;/h23H,6-22H2,1-5H3;1H/q+1;/p-1. The maximum atomic E-state index is 6.22. The molecule has 1 unspecified atom stereocenters. The van der Waals surface area contributed by atoms with Crippen molar-refractivity contribution in [2.24, 2.45) is 0 Å². The van der Waals surface area contributed by atoms with Gasteiger partial charge in [0, 0.05) is 0 Å². The van der Waals surface area contributed by atoms with Crippen LogP contribution in [-0.4, -0.2) is 38.0 Å². The van der Waals surface area contributed by atoms with Gasteiger partial charge >= 0.3 is 0 Å². The van der Waals surface area contributed by atoms with Crippen molar-refractivity contribution in [3.05, 3.63) is 0 Å². The van der Waals surface area contributed by atoms with E-state index in [2.05, 4.69) is 34.9 Å². The minimum atomic E-state index is 0. The first-order valence-electron chi connectivity index (χ1n) is 11.5. The summed E-state index contributed by atoms with van der Waals surface area (Å²) in [5.74, 6) is 0. The Labute approximate surface area is 172 Å². The van der Waals surface area contributed by atoms with Crippen LogP contribution in [0.15, 0.2) is 0 Å². The van der Waals surface area contributed by atoms with E-state index in [9.17, 15) is 0 Å². The maximum absolute atomic E-state index is 6.22. The molecule has 0 aliphatic carbocycles. The van der Waals surface area contributed by atoms with Crippen LogP contribution in [0.2, 0.25) is 0 Å². The Bertz CT molecular complexity index is 271. The van der Waals surface area contributed by atoms with Gasteiger partial charge < -0.3 is 21.6 Å². The molecule has 26 heavy (non-hydrogen) atoms. The number of nitrogens with zero attached hydrogens (tertiary/aromatic N) is 1. The summed E-state index contributed by atoms with van der Waals surface area (Å²) < 4.78 is 7.23. The SMILES string of the molecule is CCCCCCCCCCCC[N+](C)(C)COC(CC)CCCCC.[Cl-]. The van der Waals surface area contributed by atoms with Crippen LogP contribution in [-0.2, 0) is 4.74 Å². The summed E-state index contributed by atoms with van der Waals surface area (Å²) in [6.07, 6.45) is 21.0. The second-order valence-electron chi connectivity index (χ2n) is 8.66. The van der Waals surface area contributed by atoms with Crippen molar-refractivity contribution >= 4 is 0 Å². The van der Waals surface area contributed by atoms with Gasteiger partial charge in [-0.15, -0.1) is 0 Å². The average Bonchev–Trinajstić information content (AvgIpc) is 2.59. The van der Waals surface area contributed by atoms with Gasteiger partial charge in [0.15, 0.2) is 6.73 Å². The molecular weight excluding hydrogens is 342 g/mol. The number of hydrogen-bond acceptors (Lipinski definition) is 1. The highest BCUT2D eigenvalue weighted by atomic mass is 35.5. The van der Waals surface area contributed by atoms with Crippen LogP contribution < -0.4 is 12.4 Å². The van der Waals surface area contributed by atoms with Gasteiger partial charge in [-0.3, -0.25) is 0 Å². The highest BCUT2D eigenvalue weighted by Gasteiger charge is 2.17. The maximum Gasteiger partial charge on any atom is 0.183 e. The molecule has 2 nitrogen and oxygen atoms in total. The fraction of sp³-hybridized carbons (Fsp3) is 1.00. The van der Waals surface area contributed by atoms with E-state index in [1.807, 2.05) is 0 Å². The summed E-state index contributed by atoms with van der Waals surface area (Å²) in [5, 5.41) is 0. The Balaban J connectivity index is 0. The van der Waals surface area contributed by atoms with Crippen molar-refractivity contribution in [2.45, 2.75) is 123 Å². The normalized spacial score (nSPS) is 12.8. The molecule has 0 N–H and O–H groups in total. The Morgan fingerprint density at radius 3 is 1.62 bits per heavy atom. The van der Waals surface area contributed by atoms with E-state index < -0.39 is 0 Å². The van der Waals surface area contributed by atoms with Crippen LogP contribution in [0.4, 0.5) is 0 Å². The highest BCUT2D eigenvalue weighted by molar-refractivity contribution is 4.55. The molecule has 3 heteroatoms. The number of hydrogen-bond donors (Lipinski definition) is 0. The third kappa shape index (κ3) is 19.0. The summed E-state index contributed by atoms with van der Waals surface area (Å²) >= 11 is 0. The Morgan fingerprint density at radius 2 is 1.12 bits per heavy atom. The van der Waals surface area contributed by atoms with Crippen molar-refractivity contribution in [2.75, 3.05) is 27.4 Å². The number of quaternary nitrogens is 1. The van der Waals surface area contributed by atoms with Gasteiger partial charge in [0.05, 0.1) is 26.7 Å². The predicted octanol–water partition coefficient (Wildman–Crippen LogP) is 4.32. The smallest absolute Gasteiger partial charge is 0.183 e. The van der Waals surface area contributed by atoms with E-state index in [1.165, 1.54) is 96.4 Å². The zero-order chi connectivity index (χ0) is 18.8. The first kappa shape index (κ1) is 28.4. The monoisotopic (exact) mass is 391 g/mol. The molecule has 0 amide bonds. The van der Waals surface area contributed by atoms with E-state index in [-0.39, 0.29) is 12.4 Å². The quantitative estimate of drug-likeness (QED) is 0.181. The van der Waals surface area contributed by atoms with Crippen LogP contribution in [0.5, 0.6) is 0 Å². The van der Waals surface area contributed by atoms with Gasteiger partial charge in [-0.2, -0.15) is 0 Å². The molecule has 0 saturated heterocycles. The van der Waals surface area contributed by atoms with E-state index in [4.69, 9.17) is 4.74 Å². The van der Waals surface area contributed by atoms with E-state index in [1.54, 1.807) is 0 Å². The van der Waals surface area contributed by atoms with Crippen LogP contribution in [0.3, 0.4) is 0 Å². The van der Waals surface area contributed by atoms with Gasteiger partial charge in [0.2, 0.25) is 0 Å². The Hall–Kier alpha value is 0.210. The molecule has 0 spiro atoms. The first-order chi connectivity index (χ1) is 12.1. The van der Waals surface area contributed by atoms with Gasteiger partial charge in [-0.1, -0.05) is 91.4 Å². The molecule has 160 valence electrons. The van der Waals surface area contributed by atoms with Crippen LogP contribution >= 0.6 is 0 Å². The molecule has 0 rings (SSSR count). The highest BCUT2D eigenvalue weighted by Crippen LogP contribution is 2.14. The van der Waals surface area contributed by atoms with Crippen LogP contribution in [0, 0.1) is 0 Å². The molecule has 0 bridgehead atoms. The summed E-state index contributed by atoms with van der Waals surface area (Å²) in [6, 6.07) is 0. The van der Waals surface area contributed by atoms with Gasteiger partial charge in [0.25, 0.3) is 0 Å². The fourth-order valence-corrected chi connectivity index (χ4v) is 3.43. The lowest BCUT2D eigenvalue weighted by atomic mass is 10.1. The second kappa shape index (κ2) is 20.0. The summed E-state index contributed by atoms with van der Waals surface area (Å²) in [4.78, 5) is 0. The molecule has 0 heterocycles. The minimum Gasteiger partial charge on any atom is -1.00 e. The van der Waals surface area contributed by atoms with Crippen molar-refractivity contribution in [1.29, 1.82) is 0 Å². The van der Waals surface area contributed by atoms with Crippen molar-refractivity contribution < 1.29 is 21.6 Å². The van der Waals surface area contributed by atoms with Gasteiger partial charge in [-0.25, -0.2) is 0 Å². The van der Waals surface area contributed by atoms with Crippen molar-refractivity contribution in [3.63, 3.8) is 0 Å². The summed E-state index contributed by atoms with van der Waals surface area (Å²) in [7, 11) is 4.65. The first-order valence-corrected chi connectivity index (χ1v) is 11.5. The minimum absolute atomic E-state index is 0. The van der Waals surface area contributed by atoms with Crippen LogP contribution in [0.25, 0.3) is 0 Å². The number of unbranched alkanes of at least 4 members (excludes halogenated alkanes) is 11. The molecule has 0 fully saturated rings. The molecule has 0 aromatic carbocycles. The zero-order valence-electron chi connectivity index (χ0n) is 18.8. The number of rotatable bonds is 19. The lowest BCUT2D eigenvalue weighted by molar-refractivity contribution is -0.910. The van der Waals surface area contributed by atoms with Crippen LogP contribution in [0.1, 0.15) is 117 Å². The van der Waals surface area contributed by atoms with E-state index in [0.29, 0.717) is 6.10 Å². The molecular formula is C23H50ClNO. The van der Waals surface area contributed by atoms with Crippen molar-refractivity contribution in [3.8, 4) is 0 Å². The molecule has 0 saturated carbocycles. The summed E-state index contributed by atoms with van der Waals surface area (Å²) in [6.45, 7) is 8.96. The fourth-order valence-electron chi connectivity index (χ4n) is 3.43. The molecule has 0 aromatic rings. The Morgan fingerprint density at radius 1 is 0.654 bits per heavy atom. The van der Waals surface area contributed by atoms with E-state index >= 15 is 0 Å². The topological polar surface area (TPSA) is 9.23 Å². The lowest BCUT2D eigenvalue weighted by Crippen LogP contribution is -3.00. The molecule has 0 aromatic heterocycles. The largest absolute Gasteiger partial charge is 1.00 e. The molecule has 0 aliphatic heterocycles. The van der Waals surface area contributed by atoms with Gasteiger partial charge in [-0.05, 0) is 25.7 Å². The predicted molar refractivity (Wildman–Crippen MR) is 113 cm³/mol. The number of ether oxygens (including phenoxy) is 1. The average molecular weight is 392 g/mol. The second-order valence-corrected chi connectivity index (χ2v) is 8.66. The summed E-state index contributed by atoms with van der Waals surface area (Å²) in [5.41, 5.74) is 0. The van der Waals surface area contributed by atoms with Crippen molar-refractivity contribution in [1.82, 2.24) is 0 Å². The third-order valence-corrected chi connectivity index (χ3v) is 5.36. The number of halogens is 1. The zero-order valence-corrected chi connectivity index (χ0v) is 19.6. The molecule has 0 radical (unpaired) electrons. The molecule has 1 atom stereocenters. The van der Waals surface area contributed by atoms with E-state index in [0.717, 1.165) is 17.6 Å².